The minimum atomic E-state index is -0.149. The van der Waals surface area contributed by atoms with Crippen molar-refractivity contribution < 1.29 is 9.53 Å². The van der Waals surface area contributed by atoms with Gasteiger partial charge in [-0.05, 0) is 54.0 Å². The van der Waals surface area contributed by atoms with Crippen molar-refractivity contribution >= 4 is 21.7 Å². The molecule has 0 spiro atoms. The van der Waals surface area contributed by atoms with Crippen molar-refractivity contribution in [3.05, 3.63) is 58.3 Å². The highest BCUT2D eigenvalue weighted by Crippen LogP contribution is 2.24. The highest BCUT2D eigenvalue weighted by atomic mass is 79.9. The number of ether oxygens (including phenoxy) is 1. The molecule has 0 N–H and O–H groups in total. The van der Waals surface area contributed by atoms with Gasteiger partial charge >= 0.3 is 0 Å². The number of para-hydroxylation sites is 1. The summed E-state index contributed by atoms with van der Waals surface area (Å²) in [6.07, 6.45) is 1.62. The van der Waals surface area contributed by atoms with E-state index in [-0.39, 0.29) is 11.9 Å². The Morgan fingerprint density at radius 1 is 1.21 bits per heavy atom. The quantitative estimate of drug-likeness (QED) is 0.803. The maximum Gasteiger partial charge on any atom is 0.216 e. The summed E-state index contributed by atoms with van der Waals surface area (Å²) in [5.41, 5.74) is 0.915. The second kappa shape index (κ2) is 5.97. The first-order chi connectivity index (χ1) is 9.09. The maximum absolute atomic E-state index is 12.5. The lowest BCUT2D eigenvalue weighted by molar-refractivity contribution is 0.102. The summed E-state index contributed by atoms with van der Waals surface area (Å²) < 4.78 is 6.34. The number of pyridine rings is 1. The summed E-state index contributed by atoms with van der Waals surface area (Å²) in [5, 5.41) is 0. The second-order valence-corrected chi connectivity index (χ2v) is 5.18. The summed E-state index contributed by atoms with van der Waals surface area (Å²) in [7, 11) is 0. The Kier molecular flexibility index (Phi) is 4.32. The topological polar surface area (TPSA) is 39.2 Å². The van der Waals surface area contributed by atoms with E-state index in [1.165, 1.54) is 0 Å². The number of nitrogens with zero attached hydrogens (tertiary/aromatic N) is 1. The molecule has 98 valence electrons. The summed E-state index contributed by atoms with van der Waals surface area (Å²) in [6, 6.07) is 10.8. The van der Waals surface area contributed by atoms with Gasteiger partial charge in [0.2, 0.25) is 5.78 Å². The average molecular weight is 320 g/mol. The van der Waals surface area contributed by atoms with E-state index in [4.69, 9.17) is 4.74 Å². The monoisotopic (exact) mass is 319 g/mol. The van der Waals surface area contributed by atoms with Crippen LogP contribution < -0.4 is 4.74 Å². The Bertz CT molecular complexity index is 596. The van der Waals surface area contributed by atoms with Crippen LogP contribution in [0.25, 0.3) is 0 Å². The molecule has 1 aromatic carbocycles. The molecule has 0 bridgehead atoms. The van der Waals surface area contributed by atoms with Gasteiger partial charge in [-0.25, -0.2) is 0 Å². The van der Waals surface area contributed by atoms with E-state index in [9.17, 15) is 4.79 Å². The van der Waals surface area contributed by atoms with Crippen molar-refractivity contribution in [3.8, 4) is 5.75 Å². The number of rotatable bonds is 4. The average Bonchev–Trinajstić information content (AvgIpc) is 2.38. The van der Waals surface area contributed by atoms with Crippen LogP contribution in [0.5, 0.6) is 5.75 Å². The molecule has 2 aromatic rings. The van der Waals surface area contributed by atoms with Crippen molar-refractivity contribution in [1.29, 1.82) is 0 Å². The van der Waals surface area contributed by atoms with Crippen molar-refractivity contribution in [3.63, 3.8) is 0 Å². The van der Waals surface area contributed by atoms with Crippen LogP contribution >= 0.6 is 15.9 Å². The Hall–Kier alpha value is -1.68. The molecule has 0 saturated carbocycles. The molecule has 0 aliphatic carbocycles. The molecular weight excluding hydrogens is 306 g/mol. The highest BCUT2D eigenvalue weighted by molar-refractivity contribution is 9.10. The van der Waals surface area contributed by atoms with Gasteiger partial charge in [0.1, 0.15) is 11.4 Å². The fourth-order valence-corrected chi connectivity index (χ4v) is 2.13. The van der Waals surface area contributed by atoms with Crippen LogP contribution in [0.1, 0.15) is 29.9 Å². The molecule has 1 aromatic heterocycles. The predicted octanol–water partition coefficient (Wildman–Crippen LogP) is 3.86. The Labute approximate surface area is 120 Å². The smallest absolute Gasteiger partial charge is 0.216 e. The molecule has 19 heavy (non-hydrogen) atoms. The van der Waals surface area contributed by atoms with Gasteiger partial charge in [0.15, 0.2) is 0 Å². The molecule has 0 radical (unpaired) electrons. The standard InChI is InChI=1S/C15H14BrNO2/c1-10(2)19-13-8-4-3-6-11(13)15(18)14-12(16)7-5-9-17-14/h3-10H,1-2H3. The lowest BCUT2D eigenvalue weighted by atomic mass is 10.1. The third kappa shape index (κ3) is 3.20. The van der Waals surface area contributed by atoms with Gasteiger partial charge < -0.3 is 4.74 Å². The van der Waals surface area contributed by atoms with Gasteiger partial charge in [0, 0.05) is 10.7 Å². The second-order valence-electron chi connectivity index (χ2n) is 4.33. The highest BCUT2D eigenvalue weighted by Gasteiger charge is 2.18. The molecule has 0 fully saturated rings. The van der Waals surface area contributed by atoms with Crippen LogP contribution in [0.2, 0.25) is 0 Å². The number of carbonyl (C=O) groups is 1. The molecule has 4 heteroatoms. The molecule has 0 unspecified atom stereocenters. The number of ketones is 1. The van der Waals surface area contributed by atoms with Crippen molar-refractivity contribution in [1.82, 2.24) is 4.98 Å². The zero-order valence-electron chi connectivity index (χ0n) is 10.8. The Morgan fingerprint density at radius 3 is 2.63 bits per heavy atom. The largest absolute Gasteiger partial charge is 0.490 e. The van der Waals surface area contributed by atoms with Crippen LogP contribution in [0, 0.1) is 0 Å². The molecule has 1 heterocycles. The van der Waals surface area contributed by atoms with E-state index < -0.39 is 0 Å². The lowest BCUT2D eigenvalue weighted by Crippen LogP contribution is -2.11. The van der Waals surface area contributed by atoms with Gasteiger partial charge in [-0.3, -0.25) is 9.78 Å². The van der Waals surface area contributed by atoms with Crippen molar-refractivity contribution in [2.75, 3.05) is 0 Å². The molecular formula is C15H14BrNO2. The Morgan fingerprint density at radius 2 is 1.95 bits per heavy atom. The normalized spacial score (nSPS) is 10.5. The summed E-state index contributed by atoms with van der Waals surface area (Å²) in [5.74, 6) is 0.434. The van der Waals surface area contributed by atoms with Gasteiger partial charge in [-0.15, -0.1) is 0 Å². The molecule has 2 rings (SSSR count). The van der Waals surface area contributed by atoms with Crippen molar-refractivity contribution in [2.45, 2.75) is 20.0 Å². The van der Waals surface area contributed by atoms with E-state index in [1.807, 2.05) is 26.0 Å². The van der Waals surface area contributed by atoms with Crippen LogP contribution in [0.4, 0.5) is 0 Å². The maximum atomic E-state index is 12.5. The zero-order valence-corrected chi connectivity index (χ0v) is 12.3. The molecule has 0 aliphatic heterocycles. The molecule has 0 aliphatic rings. The number of halogens is 1. The SMILES string of the molecule is CC(C)Oc1ccccc1C(=O)c1ncccc1Br. The van der Waals surface area contributed by atoms with Crippen LogP contribution in [-0.4, -0.2) is 16.9 Å². The minimum absolute atomic E-state index is 0.0149. The number of benzene rings is 1. The molecule has 3 nitrogen and oxygen atoms in total. The number of carbonyl (C=O) groups excluding carboxylic acids is 1. The number of hydrogen-bond donors (Lipinski definition) is 0. The van der Waals surface area contributed by atoms with Crippen LogP contribution in [0.15, 0.2) is 47.1 Å². The van der Waals surface area contributed by atoms with E-state index >= 15 is 0 Å². The van der Waals surface area contributed by atoms with E-state index in [2.05, 4.69) is 20.9 Å². The summed E-state index contributed by atoms with van der Waals surface area (Å²) >= 11 is 3.35. The van der Waals surface area contributed by atoms with Gasteiger partial charge in [0.25, 0.3) is 0 Å². The van der Waals surface area contributed by atoms with E-state index in [0.29, 0.717) is 21.5 Å². The zero-order chi connectivity index (χ0) is 13.8. The fourth-order valence-electron chi connectivity index (χ4n) is 1.69. The molecule has 0 amide bonds. The first-order valence-corrected chi connectivity index (χ1v) is 6.80. The molecule has 0 saturated heterocycles. The van der Waals surface area contributed by atoms with E-state index in [0.717, 1.165) is 0 Å². The first-order valence-electron chi connectivity index (χ1n) is 6.00. The summed E-state index contributed by atoms with van der Waals surface area (Å²) in [4.78, 5) is 16.6. The van der Waals surface area contributed by atoms with Crippen LogP contribution in [-0.2, 0) is 0 Å². The van der Waals surface area contributed by atoms with Crippen molar-refractivity contribution in [2.24, 2.45) is 0 Å². The van der Waals surface area contributed by atoms with Gasteiger partial charge in [0.05, 0.1) is 11.7 Å². The molecule has 0 atom stereocenters. The predicted molar refractivity (Wildman–Crippen MR) is 77.6 cm³/mol. The van der Waals surface area contributed by atoms with Gasteiger partial charge in [-0.1, -0.05) is 12.1 Å². The Balaban J connectivity index is 2.42. The third-order valence-electron chi connectivity index (χ3n) is 2.47. The minimum Gasteiger partial charge on any atom is -0.490 e. The van der Waals surface area contributed by atoms with E-state index in [1.54, 1.807) is 30.5 Å². The fraction of sp³-hybridized carbons (Fsp3) is 0.200. The lowest BCUT2D eigenvalue weighted by Gasteiger charge is -2.13. The first kappa shape index (κ1) is 13.7. The van der Waals surface area contributed by atoms with Crippen LogP contribution in [0.3, 0.4) is 0 Å². The van der Waals surface area contributed by atoms with Gasteiger partial charge in [-0.2, -0.15) is 0 Å². The summed E-state index contributed by atoms with van der Waals surface area (Å²) in [6.45, 7) is 3.86. The number of aromatic nitrogens is 1. The third-order valence-corrected chi connectivity index (χ3v) is 3.11. The number of hydrogen-bond acceptors (Lipinski definition) is 3.